The average molecular weight is 239 g/mol. The molecule has 0 aromatic heterocycles. The second-order valence-electron chi connectivity index (χ2n) is 5.86. The smallest absolute Gasteiger partial charge is 0.0340 e. The molecule has 94 valence electrons. The van der Waals surface area contributed by atoms with E-state index in [4.69, 9.17) is 0 Å². The lowest BCUT2D eigenvalue weighted by molar-refractivity contribution is 0.443. The lowest BCUT2D eigenvalue weighted by Gasteiger charge is -2.19. The Hall–Kier alpha value is -1.76. The standard InChI is InChI=1S/C17H21N/c1-17(2,3)13-18-16-11-9-15(10-12-16)14-7-5-4-6-8-14/h4-12,18H,13H2,1-3H3. The molecule has 18 heavy (non-hydrogen) atoms. The van der Waals surface area contributed by atoms with E-state index in [0.717, 1.165) is 6.54 Å². The molecule has 2 rings (SSSR count). The monoisotopic (exact) mass is 239 g/mol. The summed E-state index contributed by atoms with van der Waals surface area (Å²) in [5.41, 5.74) is 4.01. The Morgan fingerprint density at radius 2 is 1.33 bits per heavy atom. The fourth-order valence-corrected chi connectivity index (χ4v) is 1.78. The zero-order valence-electron chi connectivity index (χ0n) is 11.4. The molecule has 0 heterocycles. The largest absolute Gasteiger partial charge is 0.385 e. The van der Waals surface area contributed by atoms with Gasteiger partial charge in [-0.15, -0.1) is 0 Å². The molecular formula is C17H21N. The van der Waals surface area contributed by atoms with Crippen molar-refractivity contribution in [1.29, 1.82) is 0 Å². The normalized spacial score (nSPS) is 11.3. The maximum absolute atomic E-state index is 3.46. The van der Waals surface area contributed by atoms with Crippen molar-refractivity contribution < 1.29 is 0 Å². The molecule has 0 fully saturated rings. The Bertz CT molecular complexity index is 477. The SMILES string of the molecule is CC(C)(C)CNc1ccc(-c2ccccc2)cc1. The fourth-order valence-electron chi connectivity index (χ4n) is 1.78. The number of rotatable bonds is 3. The van der Waals surface area contributed by atoms with Crippen LogP contribution in [0.15, 0.2) is 54.6 Å². The summed E-state index contributed by atoms with van der Waals surface area (Å²) >= 11 is 0. The van der Waals surface area contributed by atoms with Crippen LogP contribution >= 0.6 is 0 Å². The molecule has 0 aliphatic rings. The summed E-state index contributed by atoms with van der Waals surface area (Å²) in [6, 6.07) is 19.1. The van der Waals surface area contributed by atoms with E-state index >= 15 is 0 Å². The highest BCUT2D eigenvalue weighted by Crippen LogP contribution is 2.22. The van der Waals surface area contributed by atoms with Gasteiger partial charge in [0.1, 0.15) is 0 Å². The Morgan fingerprint density at radius 1 is 0.778 bits per heavy atom. The van der Waals surface area contributed by atoms with Gasteiger partial charge in [0.25, 0.3) is 0 Å². The molecule has 2 aromatic carbocycles. The molecule has 1 nitrogen and oxygen atoms in total. The second kappa shape index (κ2) is 5.26. The Balaban J connectivity index is 2.07. The van der Waals surface area contributed by atoms with Crippen molar-refractivity contribution in [3.63, 3.8) is 0 Å². The highest BCUT2D eigenvalue weighted by Gasteiger charge is 2.09. The lowest BCUT2D eigenvalue weighted by Crippen LogP contribution is -2.18. The first kappa shape index (κ1) is 12.7. The van der Waals surface area contributed by atoms with Crippen molar-refractivity contribution in [3.05, 3.63) is 54.6 Å². The maximum Gasteiger partial charge on any atom is 0.0340 e. The van der Waals surface area contributed by atoms with Crippen LogP contribution in [-0.4, -0.2) is 6.54 Å². The topological polar surface area (TPSA) is 12.0 Å². The molecule has 0 spiro atoms. The molecule has 0 radical (unpaired) electrons. The van der Waals surface area contributed by atoms with E-state index in [0.29, 0.717) is 5.41 Å². The van der Waals surface area contributed by atoms with Gasteiger partial charge in [0.15, 0.2) is 0 Å². The zero-order chi connectivity index (χ0) is 13.0. The zero-order valence-corrected chi connectivity index (χ0v) is 11.4. The maximum atomic E-state index is 3.46. The molecule has 0 unspecified atom stereocenters. The van der Waals surface area contributed by atoms with Gasteiger partial charge in [-0.1, -0.05) is 63.2 Å². The number of anilines is 1. The third-order valence-corrected chi connectivity index (χ3v) is 2.81. The van der Waals surface area contributed by atoms with Crippen LogP contribution in [0.5, 0.6) is 0 Å². The van der Waals surface area contributed by atoms with Crippen LogP contribution in [-0.2, 0) is 0 Å². The van der Waals surface area contributed by atoms with Crippen LogP contribution in [0.25, 0.3) is 11.1 Å². The van der Waals surface area contributed by atoms with Crippen LogP contribution in [0.4, 0.5) is 5.69 Å². The summed E-state index contributed by atoms with van der Waals surface area (Å²) in [4.78, 5) is 0. The van der Waals surface area contributed by atoms with Crippen molar-refractivity contribution in [2.45, 2.75) is 20.8 Å². The summed E-state index contributed by atoms with van der Waals surface area (Å²) in [5, 5.41) is 3.46. The highest BCUT2D eigenvalue weighted by atomic mass is 14.9. The highest BCUT2D eigenvalue weighted by molar-refractivity contribution is 5.65. The minimum atomic E-state index is 0.304. The van der Waals surface area contributed by atoms with Gasteiger partial charge in [0.2, 0.25) is 0 Å². The first-order valence-corrected chi connectivity index (χ1v) is 6.44. The van der Waals surface area contributed by atoms with E-state index in [-0.39, 0.29) is 0 Å². The van der Waals surface area contributed by atoms with Crippen molar-refractivity contribution in [3.8, 4) is 11.1 Å². The predicted molar refractivity (Wildman–Crippen MR) is 79.8 cm³/mol. The van der Waals surface area contributed by atoms with Crippen LogP contribution < -0.4 is 5.32 Å². The van der Waals surface area contributed by atoms with Crippen LogP contribution in [0, 0.1) is 5.41 Å². The molecule has 0 saturated carbocycles. The molecule has 0 aliphatic carbocycles. The van der Waals surface area contributed by atoms with Crippen molar-refractivity contribution >= 4 is 5.69 Å². The minimum absolute atomic E-state index is 0.304. The summed E-state index contributed by atoms with van der Waals surface area (Å²) in [6.07, 6.45) is 0. The van der Waals surface area contributed by atoms with Gasteiger partial charge in [0, 0.05) is 12.2 Å². The number of hydrogen-bond acceptors (Lipinski definition) is 1. The van der Waals surface area contributed by atoms with Crippen LogP contribution in [0.2, 0.25) is 0 Å². The Kier molecular flexibility index (Phi) is 3.71. The molecule has 0 aliphatic heterocycles. The molecule has 1 heteroatoms. The van der Waals surface area contributed by atoms with Gasteiger partial charge in [0.05, 0.1) is 0 Å². The van der Waals surface area contributed by atoms with Crippen LogP contribution in [0.1, 0.15) is 20.8 Å². The Labute approximate surface area is 110 Å². The molecule has 0 bridgehead atoms. The third-order valence-electron chi connectivity index (χ3n) is 2.81. The van der Waals surface area contributed by atoms with Crippen molar-refractivity contribution in [2.24, 2.45) is 5.41 Å². The van der Waals surface area contributed by atoms with E-state index in [1.165, 1.54) is 16.8 Å². The molecule has 2 aromatic rings. The molecule has 0 atom stereocenters. The third kappa shape index (κ3) is 3.63. The number of benzene rings is 2. The molecule has 1 N–H and O–H groups in total. The second-order valence-corrected chi connectivity index (χ2v) is 5.86. The van der Waals surface area contributed by atoms with Gasteiger partial charge in [-0.3, -0.25) is 0 Å². The first-order valence-electron chi connectivity index (χ1n) is 6.44. The van der Waals surface area contributed by atoms with E-state index in [2.05, 4.69) is 74.6 Å². The number of nitrogens with one attached hydrogen (secondary N) is 1. The van der Waals surface area contributed by atoms with Gasteiger partial charge < -0.3 is 5.32 Å². The van der Waals surface area contributed by atoms with Crippen molar-refractivity contribution in [2.75, 3.05) is 11.9 Å². The fraction of sp³-hybridized carbons (Fsp3) is 0.294. The minimum Gasteiger partial charge on any atom is -0.385 e. The summed E-state index contributed by atoms with van der Waals surface area (Å²) in [7, 11) is 0. The summed E-state index contributed by atoms with van der Waals surface area (Å²) in [5.74, 6) is 0. The van der Waals surface area contributed by atoms with Gasteiger partial charge in [-0.2, -0.15) is 0 Å². The predicted octanol–water partition coefficient (Wildman–Crippen LogP) is 4.81. The van der Waals surface area contributed by atoms with Crippen molar-refractivity contribution in [1.82, 2.24) is 0 Å². The number of hydrogen-bond donors (Lipinski definition) is 1. The first-order chi connectivity index (χ1) is 8.54. The quantitative estimate of drug-likeness (QED) is 0.810. The van der Waals surface area contributed by atoms with Crippen LogP contribution in [0.3, 0.4) is 0 Å². The summed E-state index contributed by atoms with van der Waals surface area (Å²) < 4.78 is 0. The molecule has 0 saturated heterocycles. The molecule has 0 amide bonds. The van der Waals surface area contributed by atoms with Gasteiger partial charge in [-0.05, 0) is 28.7 Å². The lowest BCUT2D eigenvalue weighted by atomic mass is 9.97. The Morgan fingerprint density at radius 3 is 1.89 bits per heavy atom. The van der Waals surface area contributed by atoms with E-state index < -0.39 is 0 Å². The average Bonchev–Trinajstić information content (AvgIpc) is 2.37. The molecular weight excluding hydrogens is 218 g/mol. The van der Waals surface area contributed by atoms with E-state index in [1.807, 2.05) is 6.07 Å². The van der Waals surface area contributed by atoms with Gasteiger partial charge >= 0.3 is 0 Å². The van der Waals surface area contributed by atoms with E-state index in [9.17, 15) is 0 Å². The van der Waals surface area contributed by atoms with E-state index in [1.54, 1.807) is 0 Å². The van der Waals surface area contributed by atoms with Gasteiger partial charge in [-0.25, -0.2) is 0 Å². The summed E-state index contributed by atoms with van der Waals surface area (Å²) in [6.45, 7) is 7.69.